The molecule has 23 heavy (non-hydrogen) atoms. The number of pyridine rings is 1. The zero-order valence-electron chi connectivity index (χ0n) is 12.0. The molecule has 0 aliphatic heterocycles. The molecule has 2 rings (SSSR count). The summed E-state index contributed by atoms with van der Waals surface area (Å²) in [7, 11) is -3.73. The second-order valence-electron chi connectivity index (χ2n) is 4.71. The normalized spacial score (nSPS) is 12.2. The average Bonchev–Trinajstić information content (AvgIpc) is 2.53. The summed E-state index contributed by atoms with van der Waals surface area (Å²) in [4.78, 5) is 14.4. The van der Waals surface area contributed by atoms with E-state index in [0.717, 1.165) is 12.1 Å². The third kappa shape index (κ3) is 3.58. The van der Waals surface area contributed by atoms with Crippen LogP contribution in [0, 0.1) is 0 Å². The fraction of sp³-hybridized carbons (Fsp3) is 0.200. The summed E-state index contributed by atoms with van der Waals surface area (Å²) < 4.78 is 62.3. The number of sulfone groups is 1. The van der Waals surface area contributed by atoms with Crippen molar-refractivity contribution in [2.75, 3.05) is 5.75 Å². The van der Waals surface area contributed by atoms with Crippen LogP contribution in [0.1, 0.15) is 23.0 Å². The minimum absolute atomic E-state index is 0.164. The number of benzene rings is 1. The van der Waals surface area contributed by atoms with E-state index in [2.05, 4.69) is 4.98 Å². The molecule has 0 bridgehead atoms. The van der Waals surface area contributed by atoms with E-state index in [0.29, 0.717) is 6.29 Å². The number of aromatic nitrogens is 1. The molecule has 1 aromatic heterocycles. The van der Waals surface area contributed by atoms with Crippen molar-refractivity contribution in [1.29, 1.82) is 0 Å². The van der Waals surface area contributed by atoms with E-state index in [1.165, 1.54) is 31.3 Å². The smallest absolute Gasteiger partial charge is 0.296 e. The van der Waals surface area contributed by atoms with Crippen LogP contribution in [0.2, 0.25) is 0 Å². The monoisotopic (exact) mass is 343 g/mol. The van der Waals surface area contributed by atoms with E-state index in [1.807, 2.05) is 0 Å². The topological polar surface area (TPSA) is 64.1 Å². The summed E-state index contributed by atoms with van der Waals surface area (Å²) in [5.74, 6) is -0.248. The Balaban J connectivity index is 2.62. The number of hydrogen-bond acceptors (Lipinski definition) is 4. The third-order valence-corrected chi connectivity index (χ3v) is 4.99. The van der Waals surface area contributed by atoms with Gasteiger partial charge in [-0.05, 0) is 23.8 Å². The van der Waals surface area contributed by atoms with Crippen LogP contribution < -0.4 is 0 Å². The Kier molecular flexibility index (Phi) is 4.56. The van der Waals surface area contributed by atoms with Crippen molar-refractivity contribution in [1.82, 2.24) is 4.98 Å². The summed E-state index contributed by atoms with van der Waals surface area (Å²) in [6, 6.07) is 5.63. The van der Waals surface area contributed by atoms with Crippen molar-refractivity contribution in [3.63, 3.8) is 0 Å². The molecule has 0 radical (unpaired) electrons. The van der Waals surface area contributed by atoms with Gasteiger partial charge in [0.05, 0.1) is 16.2 Å². The SMILES string of the molecule is CCS(=O)(=O)c1cc(-c2cccc(C(F)(F)F)c2)cnc1C=O. The first-order valence-electron chi connectivity index (χ1n) is 6.54. The van der Waals surface area contributed by atoms with Crippen LogP contribution in [-0.2, 0) is 16.0 Å². The number of carbonyl (C=O) groups excluding carboxylic acids is 1. The summed E-state index contributed by atoms with van der Waals surface area (Å²) in [5.41, 5.74) is -0.761. The Morgan fingerprint density at radius 2 is 1.87 bits per heavy atom. The molecule has 0 fully saturated rings. The van der Waals surface area contributed by atoms with Crippen LogP contribution in [-0.4, -0.2) is 25.4 Å². The Morgan fingerprint density at radius 1 is 1.17 bits per heavy atom. The van der Waals surface area contributed by atoms with Gasteiger partial charge in [0.25, 0.3) is 0 Å². The van der Waals surface area contributed by atoms with Crippen molar-refractivity contribution in [3.05, 3.63) is 47.8 Å². The first kappa shape index (κ1) is 17.1. The van der Waals surface area contributed by atoms with E-state index >= 15 is 0 Å². The van der Waals surface area contributed by atoms with Crippen molar-refractivity contribution in [3.8, 4) is 11.1 Å². The van der Waals surface area contributed by atoms with Gasteiger partial charge in [-0.1, -0.05) is 19.1 Å². The molecule has 0 unspecified atom stereocenters. The second kappa shape index (κ2) is 6.11. The maximum Gasteiger partial charge on any atom is 0.416 e. The lowest BCUT2D eigenvalue weighted by Crippen LogP contribution is -2.09. The molecule has 0 aliphatic rings. The van der Waals surface area contributed by atoms with E-state index < -0.39 is 21.6 Å². The van der Waals surface area contributed by atoms with Crippen molar-refractivity contribution < 1.29 is 26.4 Å². The molecule has 0 saturated heterocycles. The predicted octanol–water partition coefficient (Wildman–Crippen LogP) is 3.37. The van der Waals surface area contributed by atoms with E-state index in [4.69, 9.17) is 0 Å². The van der Waals surface area contributed by atoms with Gasteiger partial charge >= 0.3 is 6.18 Å². The summed E-state index contributed by atoms with van der Waals surface area (Å²) in [6.07, 6.45) is -3.03. The first-order chi connectivity index (χ1) is 10.7. The largest absolute Gasteiger partial charge is 0.416 e. The minimum atomic E-state index is -4.51. The van der Waals surface area contributed by atoms with Crippen LogP contribution >= 0.6 is 0 Å². The van der Waals surface area contributed by atoms with Gasteiger partial charge in [-0.25, -0.2) is 8.42 Å². The number of rotatable bonds is 4. The lowest BCUT2D eigenvalue weighted by Gasteiger charge is -2.10. The Bertz CT molecular complexity index is 845. The highest BCUT2D eigenvalue weighted by Crippen LogP contribution is 2.32. The number of carbonyl (C=O) groups is 1. The van der Waals surface area contributed by atoms with E-state index in [1.54, 1.807) is 0 Å². The minimum Gasteiger partial charge on any atom is -0.296 e. The van der Waals surface area contributed by atoms with Crippen LogP contribution in [0.5, 0.6) is 0 Å². The van der Waals surface area contributed by atoms with Gasteiger partial charge < -0.3 is 0 Å². The van der Waals surface area contributed by atoms with Crippen LogP contribution in [0.4, 0.5) is 13.2 Å². The number of halogens is 3. The van der Waals surface area contributed by atoms with Crippen LogP contribution in [0.15, 0.2) is 41.4 Å². The van der Waals surface area contributed by atoms with Gasteiger partial charge in [0.15, 0.2) is 16.1 Å². The zero-order chi connectivity index (χ0) is 17.3. The fourth-order valence-corrected chi connectivity index (χ4v) is 3.02. The number of alkyl halides is 3. The van der Waals surface area contributed by atoms with Gasteiger partial charge in [0.2, 0.25) is 0 Å². The van der Waals surface area contributed by atoms with E-state index in [9.17, 15) is 26.4 Å². The highest BCUT2D eigenvalue weighted by atomic mass is 32.2. The summed E-state index contributed by atoms with van der Waals surface area (Å²) >= 11 is 0. The highest BCUT2D eigenvalue weighted by molar-refractivity contribution is 7.91. The molecule has 1 heterocycles. The molecule has 4 nitrogen and oxygen atoms in total. The second-order valence-corrected chi connectivity index (χ2v) is 6.95. The molecule has 0 amide bonds. The lowest BCUT2D eigenvalue weighted by molar-refractivity contribution is -0.137. The molecule has 122 valence electrons. The molecular weight excluding hydrogens is 331 g/mol. The molecule has 1 aromatic carbocycles. The van der Waals surface area contributed by atoms with E-state index in [-0.39, 0.29) is 27.5 Å². The molecule has 0 aliphatic carbocycles. The Labute approximate surface area is 130 Å². The van der Waals surface area contributed by atoms with Crippen LogP contribution in [0.3, 0.4) is 0 Å². The van der Waals surface area contributed by atoms with Gasteiger partial charge in [-0.15, -0.1) is 0 Å². The summed E-state index contributed by atoms with van der Waals surface area (Å²) in [6.45, 7) is 1.40. The fourth-order valence-electron chi connectivity index (χ4n) is 1.98. The van der Waals surface area contributed by atoms with Gasteiger partial charge in [0, 0.05) is 11.8 Å². The third-order valence-electron chi connectivity index (χ3n) is 3.23. The molecule has 8 heteroatoms. The summed E-state index contributed by atoms with van der Waals surface area (Å²) in [5, 5.41) is 0. The van der Waals surface area contributed by atoms with Crippen molar-refractivity contribution >= 4 is 16.1 Å². The zero-order valence-corrected chi connectivity index (χ0v) is 12.8. The predicted molar refractivity (Wildman–Crippen MR) is 77.8 cm³/mol. The quantitative estimate of drug-likeness (QED) is 0.799. The highest BCUT2D eigenvalue weighted by Gasteiger charge is 2.30. The van der Waals surface area contributed by atoms with Gasteiger partial charge in [0.1, 0.15) is 5.69 Å². The van der Waals surface area contributed by atoms with Crippen LogP contribution in [0.25, 0.3) is 11.1 Å². The Hall–Kier alpha value is -2.22. The van der Waals surface area contributed by atoms with Crippen molar-refractivity contribution in [2.24, 2.45) is 0 Å². The standard InChI is InChI=1S/C15H12F3NO3S/c1-2-23(21,22)14-7-11(8-19-13(14)9-20)10-4-3-5-12(6-10)15(16,17)18/h3-9H,2H2,1H3. The van der Waals surface area contributed by atoms with Gasteiger partial charge in [-0.3, -0.25) is 9.78 Å². The number of hydrogen-bond donors (Lipinski definition) is 0. The molecule has 2 aromatic rings. The maximum absolute atomic E-state index is 12.8. The molecule has 0 N–H and O–H groups in total. The molecular formula is C15H12F3NO3S. The number of aldehydes is 1. The maximum atomic E-state index is 12.8. The first-order valence-corrected chi connectivity index (χ1v) is 8.20. The number of nitrogens with zero attached hydrogens (tertiary/aromatic N) is 1. The lowest BCUT2D eigenvalue weighted by atomic mass is 10.0. The Morgan fingerprint density at radius 3 is 2.43 bits per heavy atom. The average molecular weight is 343 g/mol. The molecule has 0 spiro atoms. The van der Waals surface area contributed by atoms with Crippen molar-refractivity contribution in [2.45, 2.75) is 18.0 Å². The van der Waals surface area contributed by atoms with Gasteiger partial charge in [-0.2, -0.15) is 13.2 Å². The molecule has 0 saturated carbocycles. The molecule has 0 atom stereocenters.